The van der Waals surface area contributed by atoms with E-state index in [-0.39, 0.29) is 11.9 Å². The van der Waals surface area contributed by atoms with Gasteiger partial charge in [-0.05, 0) is 87.9 Å². The Balaban J connectivity index is 1.30. The molecule has 1 saturated heterocycles. The van der Waals surface area contributed by atoms with E-state index in [1.807, 2.05) is 57.3 Å². The molecule has 188 valence electrons. The minimum atomic E-state index is -0.522. The summed E-state index contributed by atoms with van der Waals surface area (Å²) in [6, 6.07) is 12.3. The molecule has 1 atom stereocenters. The van der Waals surface area contributed by atoms with Crippen LogP contribution in [0.2, 0.25) is 0 Å². The molecule has 2 fully saturated rings. The average Bonchev–Trinajstić information content (AvgIpc) is 3.52. The van der Waals surface area contributed by atoms with Gasteiger partial charge in [0.05, 0.1) is 11.6 Å². The van der Waals surface area contributed by atoms with Gasteiger partial charge in [-0.2, -0.15) is 0 Å². The fourth-order valence-corrected chi connectivity index (χ4v) is 4.45. The SMILES string of the molecule is Cc1ccc(C(=O)NC2CC2)cc1-c1ccc2nc(N3CCC(NC(=O)OC(C)(C)C)C3)ncc2c1. The number of alkyl carbamates (subject to hydrolysis) is 1. The molecule has 1 saturated carbocycles. The van der Waals surface area contributed by atoms with Crippen molar-refractivity contribution in [3.05, 3.63) is 53.7 Å². The van der Waals surface area contributed by atoms with Gasteiger partial charge >= 0.3 is 6.09 Å². The molecule has 2 N–H and O–H groups in total. The molecular weight excluding hydrogens is 454 g/mol. The summed E-state index contributed by atoms with van der Waals surface area (Å²) in [4.78, 5) is 36.1. The largest absolute Gasteiger partial charge is 0.444 e. The first-order valence-electron chi connectivity index (χ1n) is 12.6. The van der Waals surface area contributed by atoms with Gasteiger partial charge in [0.1, 0.15) is 5.60 Å². The average molecular weight is 488 g/mol. The van der Waals surface area contributed by atoms with E-state index in [1.54, 1.807) is 0 Å². The van der Waals surface area contributed by atoms with Crippen LogP contribution in [0.4, 0.5) is 10.7 Å². The zero-order valence-electron chi connectivity index (χ0n) is 21.3. The highest BCUT2D eigenvalue weighted by atomic mass is 16.6. The van der Waals surface area contributed by atoms with Crippen LogP contribution in [0.15, 0.2) is 42.6 Å². The van der Waals surface area contributed by atoms with Gasteiger partial charge in [0, 0.05) is 36.3 Å². The predicted molar refractivity (Wildman–Crippen MR) is 140 cm³/mol. The lowest BCUT2D eigenvalue weighted by atomic mass is 9.97. The van der Waals surface area contributed by atoms with Crippen molar-refractivity contribution in [2.45, 2.75) is 64.6 Å². The second kappa shape index (κ2) is 9.41. The molecule has 1 aliphatic carbocycles. The summed E-state index contributed by atoms with van der Waals surface area (Å²) in [7, 11) is 0. The summed E-state index contributed by atoms with van der Waals surface area (Å²) in [6.45, 7) is 9.01. The Morgan fingerprint density at radius 1 is 1.03 bits per heavy atom. The van der Waals surface area contributed by atoms with E-state index >= 15 is 0 Å². The van der Waals surface area contributed by atoms with Crippen LogP contribution in [0, 0.1) is 6.92 Å². The van der Waals surface area contributed by atoms with Crippen LogP contribution >= 0.6 is 0 Å². The first-order valence-corrected chi connectivity index (χ1v) is 12.6. The molecule has 8 nitrogen and oxygen atoms in total. The third-order valence-corrected chi connectivity index (χ3v) is 6.48. The molecule has 2 aliphatic rings. The van der Waals surface area contributed by atoms with Crippen LogP contribution in [0.1, 0.15) is 56.0 Å². The number of hydrogen-bond donors (Lipinski definition) is 2. The zero-order chi connectivity index (χ0) is 25.4. The molecule has 2 amide bonds. The number of nitrogens with one attached hydrogen (secondary N) is 2. The van der Waals surface area contributed by atoms with Crippen LogP contribution in [0.5, 0.6) is 0 Å². The maximum atomic E-state index is 12.5. The lowest BCUT2D eigenvalue weighted by Crippen LogP contribution is -2.40. The number of fused-ring (bicyclic) bond motifs is 1. The van der Waals surface area contributed by atoms with Crippen molar-refractivity contribution in [3.8, 4) is 11.1 Å². The normalized spacial score (nSPS) is 17.8. The summed E-state index contributed by atoms with van der Waals surface area (Å²) in [6.07, 6.45) is 4.38. The summed E-state index contributed by atoms with van der Waals surface area (Å²) in [5.74, 6) is 0.635. The molecule has 36 heavy (non-hydrogen) atoms. The Labute approximate surface area is 211 Å². The Morgan fingerprint density at radius 3 is 2.58 bits per heavy atom. The Kier molecular flexibility index (Phi) is 6.28. The van der Waals surface area contributed by atoms with Crippen molar-refractivity contribution < 1.29 is 14.3 Å². The Bertz CT molecular complexity index is 1310. The van der Waals surface area contributed by atoms with Gasteiger partial charge < -0.3 is 20.3 Å². The second-order valence-electron chi connectivity index (χ2n) is 10.8. The standard InChI is InChI=1S/C28H33N5O3/c1-17-5-6-19(25(34)30-21-8-9-21)14-23(17)18-7-10-24-20(13-18)15-29-26(32-24)33-12-11-22(16-33)31-27(35)36-28(2,3)4/h5-7,10,13-15,21-22H,8-9,11-12,16H2,1-4H3,(H,30,34)(H,31,35). The number of nitrogens with zero attached hydrogens (tertiary/aromatic N) is 3. The van der Waals surface area contributed by atoms with Crippen LogP contribution in [-0.2, 0) is 4.74 Å². The highest BCUT2D eigenvalue weighted by Gasteiger charge is 2.28. The van der Waals surface area contributed by atoms with Gasteiger partial charge in [-0.3, -0.25) is 4.79 Å². The number of hydrogen-bond acceptors (Lipinski definition) is 6. The molecule has 3 aromatic rings. The van der Waals surface area contributed by atoms with Gasteiger partial charge in [0.2, 0.25) is 5.95 Å². The number of ether oxygens (including phenoxy) is 1. The number of carbonyl (C=O) groups excluding carboxylic acids is 2. The fraction of sp³-hybridized carbons (Fsp3) is 0.429. The first-order chi connectivity index (χ1) is 17.1. The molecule has 0 radical (unpaired) electrons. The topological polar surface area (TPSA) is 96.5 Å². The van der Waals surface area contributed by atoms with Crippen LogP contribution in [-0.4, -0.2) is 52.7 Å². The lowest BCUT2D eigenvalue weighted by molar-refractivity contribution is 0.0508. The smallest absolute Gasteiger partial charge is 0.407 e. The van der Waals surface area contributed by atoms with Gasteiger partial charge in [-0.15, -0.1) is 0 Å². The molecule has 0 spiro atoms. The van der Waals surface area contributed by atoms with E-state index in [9.17, 15) is 9.59 Å². The number of aromatic nitrogens is 2. The lowest BCUT2D eigenvalue weighted by Gasteiger charge is -2.22. The van der Waals surface area contributed by atoms with Crippen LogP contribution < -0.4 is 15.5 Å². The highest BCUT2D eigenvalue weighted by Crippen LogP contribution is 2.29. The minimum Gasteiger partial charge on any atom is -0.444 e. The number of benzene rings is 2. The van der Waals surface area contributed by atoms with Crippen molar-refractivity contribution in [1.82, 2.24) is 20.6 Å². The maximum absolute atomic E-state index is 12.5. The van der Waals surface area contributed by atoms with Crippen molar-refractivity contribution in [1.29, 1.82) is 0 Å². The summed E-state index contributed by atoms with van der Waals surface area (Å²) < 4.78 is 5.37. The molecule has 1 aromatic heterocycles. The number of rotatable bonds is 5. The van der Waals surface area contributed by atoms with Gasteiger partial charge in [-0.1, -0.05) is 12.1 Å². The summed E-state index contributed by atoms with van der Waals surface area (Å²) in [5, 5.41) is 6.94. The fourth-order valence-electron chi connectivity index (χ4n) is 4.45. The molecule has 1 aliphatic heterocycles. The van der Waals surface area contributed by atoms with Crippen molar-refractivity contribution in [2.75, 3.05) is 18.0 Å². The zero-order valence-corrected chi connectivity index (χ0v) is 21.3. The monoisotopic (exact) mass is 487 g/mol. The summed E-state index contributed by atoms with van der Waals surface area (Å²) in [5.41, 5.74) is 4.17. The molecule has 1 unspecified atom stereocenters. The molecular formula is C28H33N5O3. The molecule has 8 heteroatoms. The predicted octanol–water partition coefficient (Wildman–Crippen LogP) is 4.60. The van der Waals surface area contributed by atoms with E-state index in [2.05, 4.69) is 33.5 Å². The minimum absolute atomic E-state index is 0.00566. The van der Waals surface area contributed by atoms with Gasteiger partial charge in [-0.25, -0.2) is 14.8 Å². The third kappa shape index (κ3) is 5.58. The first kappa shape index (κ1) is 24.0. The van der Waals surface area contributed by atoms with Crippen molar-refractivity contribution in [2.24, 2.45) is 0 Å². The van der Waals surface area contributed by atoms with Crippen molar-refractivity contribution in [3.63, 3.8) is 0 Å². The number of aryl methyl sites for hydroxylation is 1. The number of amides is 2. The molecule has 2 heterocycles. The quantitative estimate of drug-likeness (QED) is 0.546. The van der Waals surface area contributed by atoms with Crippen LogP contribution in [0.25, 0.3) is 22.0 Å². The van der Waals surface area contributed by atoms with Crippen molar-refractivity contribution >= 4 is 28.9 Å². The highest BCUT2D eigenvalue weighted by molar-refractivity contribution is 5.96. The van der Waals surface area contributed by atoms with E-state index in [4.69, 9.17) is 9.72 Å². The van der Waals surface area contributed by atoms with Crippen LogP contribution in [0.3, 0.4) is 0 Å². The number of anilines is 1. The van der Waals surface area contributed by atoms with Gasteiger partial charge in [0.25, 0.3) is 5.91 Å². The van der Waals surface area contributed by atoms with E-state index < -0.39 is 11.7 Å². The van der Waals surface area contributed by atoms with E-state index in [1.165, 1.54) is 0 Å². The second-order valence-corrected chi connectivity index (χ2v) is 10.8. The number of carbonyl (C=O) groups is 2. The van der Waals surface area contributed by atoms with E-state index in [0.717, 1.165) is 53.4 Å². The maximum Gasteiger partial charge on any atom is 0.407 e. The van der Waals surface area contributed by atoms with E-state index in [0.29, 0.717) is 24.1 Å². The van der Waals surface area contributed by atoms with Gasteiger partial charge in [0.15, 0.2) is 0 Å². The Morgan fingerprint density at radius 2 is 1.83 bits per heavy atom. The molecule has 0 bridgehead atoms. The molecule has 5 rings (SSSR count). The molecule has 2 aromatic carbocycles. The third-order valence-electron chi connectivity index (χ3n) is 6.48. The Hall–Kier alpha value is -3.68. The summed E-state index contributed by atoms with van der Waals surface area (Å²) >= 11 is 0.